The third-order valence-electron chi connectivity index (χ3n) is 3.74. The second-order valence-corrected chi connectivity index (χ2v) is 6.76. The molecule has 0 amide bonds. The molecule has 2 nitrogen and oxygen atoms in total. The molecule has 0 heterocycles. The molecule has 2 N–H and O–H groups in total. The molecule has 108 valence electrons. The van der Waals surface area contributed by atoms with Crippen LogP contribution in [0.2, 0.25) is 0 Å². The van der Waals surface area contributed by atoms with Gasteiger partial charge in [-0.25, -0.2) is 0 Å². The lowest BCUT2D eigenvalue weighted by Gasteiger charge is -2.35. The minimum atomic E-state index is 0.170. The fourth-order valence-electron chi connectivity index (χ4n) is 2.23. The second-order valence-electron chi connectivity index (χ2n) is 5.88. The zero-order valence-corrected chi connectivity index (χ0v) is 13.8. The lowest BCUT2D eigenvalue weighted by molar-refractivity contribution is 0.148. The monoisotopic (exact) mass is 280 g/mol. The molecule has 0 bridgehead atoms. The summed E-state index contributed by atoms with van der Waals surface area (Å²) in [5, 5.41) is 0. The molecule has 0 saturated carbocycles. The highest BCUT2D eigenvalue weighted by atomic mass is 32.2. The van der Waals surface area contributed by atoms with Crippen molar-refractivity contribution in [2.45, 2.75) is 38.6 Å². The third kappa shape index (κ3) is 4.83. The Morgan fingerprint density at radius 2 is 1.84 bits per heavy atom. The molecule has 1 aromatic carbocycles. The summed E-state index contributed by atoms with van der Waals surface area (Å²) in [5.74, 6) is 0. The normalized spacial score (nSPS) is 13.8. The van der Waals surface area contributed by atoms with Crippen molar-refractivity contribution in [3.63, 3.8) is 0 Å². The Balaban J connectivity index is 2.79. The summed E-state index contributed by atoms with van der Waals surface area (Å²) >= 11 is 1.79. The zero-order valence-electron chi connectivity index (χ0n) is 12.9. The van der Waals surface area contributed by atoms with Gasteiger partial charge in [0, 0.05) is 17.5 Å². The maximum Gasteiger partial charge on any atom is 0.0320 e. The fraction of sp³-hybridized carbons (Fsp3) is 0.625. The van der Waals surface area contributed by atoms with Crippen molar-refractivity contribution < 1.29 is 0 Å². The van der Waals surface area contributed by atoms with Gasteiger partial charge < -0.3 is 5.73 Å². The summed E-state index contributed by atoms with van der Waals surface area (Å²) in [4.78, 5) is 3.82. The highest BCUT2D eigenvalue weighted by molar-refractivity contribution is 7.98. The molecular formula is C16H28N2S. The quantitative estimate of drug-likeness (QED) is 0.771. The molecule has 0 aromatic heterocycles. The van der Waals surface area contributed by atoms with E-state index in [1.54, 1.807) is 11.8 Å². The van der Waals surface area contributed by atoms with E-state index in [0.717, 1.165) is 19.6 Å². The van der Waals surface area contributed by atoms with Crippen molar-refractivity contribution in [2.75, 3.05) is 25.9 Å². The smallest absolute Gasteiger partial charge is 0.0320 e. The Morgan fingerprint density at radius 3 is 2.26 bits per heavy atom. The Morgan fingerprint density at radius 1 is 1.26 bits per heavy atom. The van der Waals surface area contributed by atoms with Gasteiger partial charge in [-0.05, 0) is 49.4 Å². The molecule has 1 atom stereocenters. The number of hydrogen-bond donors (Lipinski definition) is 1. The first-order chi connectivity index (χ1) is 8.93. The largest absolute Gasteiger partial charge is 0.330 e. The summed E-state index contributed by atoms with van der Waals surface area (Å²) in [5.41, 5.74) is 7.41. The Hall–Kier alpha value is -0.510. The van der Waals surface area contributed by atoms with E-state index in [4.69, 9.17) is 5.73 Å². The fourth-order valence-corrected chi connectivity index (χ4v) is 2.64. The maximum absolute atomic E-state index is 5.86. The van der Waals surface area contributed by atoms with Gasteiger partial charge in [0.15, 0.2) is 0 Å². The molecule has 3 heteroatoms. The second kappa shape index (κ2) is 7.32. The van der Waals surface area contributed by atoms with E-state index >= 15 is 0 Å². The van der Waals surface area contributed by atoms with Crippen LogP contribution in [0.25, 0.3) is 0 Å². The molecule has 19 heavy (non-hydrogen) atoms. The highest BCUT2D eigenvalue weighted by Crippen LogP contribution is 2.26. The summed E-state index contributed by atoms with van der Waals surface area (Å²) in [6.07, 6.45) is 2.11. The average molecular weight is 280 g/mol. The first-order valence-corrected chi connectivity index (χ1v) is 8.24. The standard InChI is InChI=1S/C16H28N2S/c1-6-18(12-16(3,4)11-17)13(2)14-7-9-15(19-5)10-8-14/h7-10,13H,6,11-12,17H2,1-5H3. The van der Waals surface area contributed by atoms with E-state index < -0.39 is 0 Å². The summed E-state index contributed by atoms with van der Waals surface area (Å²) in [6.45, 7) is 11.8. The molecule has 1 unspecified atom stereocenters. The van der Waals surface area contributed by atoms with Gasteiger partial charge >= 0.3 is 0 Å². The van der Waals surface area contributed by atoms with Crippen LogP contribution in [0, 0.1) is 5.41 Å². The molecule has 0 spiro atoms. The predicted molar refractivity (Wildman–Crippen MR) is 86.7 cm³/mol. The molecular weight excluding hydrogens is 252 g/mol. The summed E-state index contributed by atoms with van der Waals surface area (Å²) in [6, 6.07) is 9.34. The molecule has 0 aliphatic carbocycles. The molecule has 1 aromatic rings. The maximum atomic E-state index is 5.86. The molecule has 0 radical (unpaired) electrons. The summed E-state index contributed by atoms with van der Waals surface area (Å²) < 4.78 is 0. The molecule has 0 aliphatic rings. The van der Waals surface area contributed by atoms with Crippen molar-refractivity contribution in [1.82, 2.24) is 4.90 Å². The number of thioether (sulfide) groups is 1. The predicted octanol–water partition coefficient (Wildman–Crippen LogP) is 3.78. The van der Waals surface area contributed by atoms with Gasteiger partial charge in [-0.1, -0.05) is 32.9 Å². The van der Waals surface area contributed by atoms with E-state index in [2.05, 4.69) is 63.1 Å². The van der Waals surface area contributed by atoms with Crippen molar-refractivity contribution >= 4 is 11.8 Å². The number of nitrogens with two attached hydrogens (primary N) is 1. The van der Waals surface area contributed by atoms with Crippen molar-refractivity contribution in [3.8, 4) is 0 Å². The minimum absolute atomic E-state index is 0.170. The molecule has 0 saturated heterocycles. The lowest BCUT2D eigenvalue weighted by Crippen LogP contribution is -2.39. The van der Waals surface area contributed by atoms with E-state index in [1.807, 2.05) is 0 Å². The molecule has 0 aliphatic heterocycles. The van der Waals surface area contributed by atoms with E-state index in [0.29, 0.717) is 6.04 Å². The van der Waals surface area contributed by atoms with Gasteiger partial charge in [0.1, 0.15) is 0 Å². The van der Waals surface area contributed by atoms with Crippen LogP contribution >= 0.6 is 11.8 Å². The van der Waals surface area contributed by atoms with Crippen LogP contribution in [0.3, 0.4) is 0 Å². The average Bonchev–Trinajstić information content (AvgIpc) is 2.44. The van der Waals surface area contributed by atoms with Gasteiger partial charge in [-0.3, -0.25) is 4.90 Å². The van der Waals surface area contributed by atoms with Crippen molar-refractivity contribution in [2.24, 2.45) is 11.1 Å². The van der Waals surface area contributed by atoms with Crippen LogP contribution in [-0.2, 0) is 0 Å². The van der Waals surface area contributed by atoms with Crippen LogP contribution in [0.4, 0.5) is 0 Å². The number of rotatable bonds is 7. The van der Waals surface area contributed by atoms with Crippen molar-refractivity contribution in [3.05, 3.63) is 29.8 Å². The highest BCUT2D eigenvalue weighted by Gasteiger charge is 2.23. The van der Waals surface area contributed by atoms with Crippen molar-refractivity contribution in [1.29, 1.82) is 0 Å². The minimum Gasteiger partial charge on any atom is -0.330 e. The van der Waals surface area contributed by atoms with E-state index in [9.17, 15) is 0 Å². The summed E-state index contributed by atoms with van der Waals surface area (Å²) in [7, 11) is 0. The van der Waals surface area contributed by atoms with Crippen LogP contribution in [0.15, 0.2) is 29.2 Å². The number of nitrogens with zero attached hydrogens (tertiary/aromatic N) is 1. The number of hydrogen-bond acceptors (Lipinski definition) is 3. The first kappa shape index (κ1) is 16.5. The SMILES string of the molecule is CCN(CC(C)(C)CN)C(C)c1ccc(SC)cc1. The topological polar surface area (TPSA) is 29.3 Å². The van der Waals surface area contributed by atoms with Gasteiger partial charge in [0.05, 0.1) is 0 Å². The van der Waals surface area contributed by atoms with E-state index in [-0.39, 0.29) is 5.41 Å². The van der Waals surface area contributed by atoms with Gasteiger partial charge in [0.2, 0.25) is 0 Å². The van der Waals surface area contributed by atoms with Gasteiger partial charge in [0.25, 0.3) is 0 Å². The van der Waals surface area contributed by atoms with Crippen LogP contribution in [0.5, 0.6) is 0 Å². The van der Waals surface area contributed by atoms with Gasteiger partial charge in [-0.2, -0.15) is 0 Å². The zero-order chi connectivity index (χ0) is 14.5. The van der Waals surface area contributed by atoms with Crippen LogP contribution in [-0.4, -0.2) is 30.8 Å². The molecule has 1 rings (SSSR count). The first-order valence-electron chi connectivity index (χ1n) is 7.01. The van der Waals surface area contributed by atoms with Crippen LogP contribution in [0.1, 0.15) is 39.3 Å². The van der Waals surface area contributed by atoms with Crippen LogP contribution < -0.4 is 5.73 Å². The van der Waals surface area contributed by atoms with E-state index in [1.165, 1.54) is 10.5 Å². The number of benzene rings is 1. The molecule has 0 fully saturated rings. The Bertz CT molecular complexity index is 373. The van der Waals surface area contributed by atoms with Gasteiger partial charge in [-0.15, -0.1) is 11.8 Å². The lowest BCUT2D eigenvalue weighted by atomic mass is 9.92. The third-order valence-corrected chi connectivity index (χ3v) is 4.48. The Labute approximate surface area is 122 Å². The Kier molecular flexibility index (Phi) is 6.37.